The Morgan fingerprint density at radius 3 is 2.75 bits per heavy atom. The second-order valence-corrected chi connectivity index (χ2v) is 4.86. The monoisotopic (exact) mass is 291 g/mol. The topological polar surface area (TPSA) is 75.9 Å². The fourth-order valence-corrected chi connectivity index (χ4v) is 2.22. The second kappa shape index (κ2) is 7.07. The van der Waals surface area contributed by atoms with E-state index in [0.717, 1.165) is 34.8 Å². The number of aromatic nitrogens is 2. The van der Waals surface area contributed by atoms with Crippen LogP contribution in [0.25, 0.3) is 0 Å². The predicted molar refractivity (Wildman–Crippen MR) is 82.6 cm³/mol. The lowest BCUT2D eigenvalue weighted by Crippen LogP contribution is -2.14. The molecule has 1 aromatic carbocycles. The van der Waals surface area contributed by atoms with Crippen LogP contribution in [0.4, 0.5) is 11.6 Å². The molecule has 0 aliphatic carbocycles. The van der Waals surface area contributed by atoms with Gasteiger partial charge in [-0.05, 0) is 24.1 Å². The molecule has 4 N–H and O–H groups in total. The number of nitrogens with zero attached hydrogens (tertiary/aromatic N) is 2. The maximum Gasteiger partial charge on any atom is 0.148 e. The fourth-order valence-electron chi connectivity index (χ4n) is 2.01. The summed E-state index contributed by atoms with van der Waals surface area (Å²) in [7, 11) is 0. The molecule has 2 rings (SSSR count). The highest BCUT2D eigenvalue weighted by molar-refractivity contribution is 6.30. The average molecular weight is 292 g/mol. The third-order valence-corrected chi connectivity index (χ3v) is 3.17. The lowest BCUT2D eigenvalue weighted by molar-refractivity contribution is 0.896. The third kappa shape index (κ3) is 3.59. The Morgan fingerprint density at radius 1 is 1.25 bits per heavy atom. The molecule has 0 fully saturated rings. The maximum atomic E-state index is 5.98. The van der Waals surface area contributed by atoms with E-state index in [1.54, 1.807) is 0 Å². The highest BCUT2D eigenvalue weighted by atomic mass is 35.5. The van der Waals surface area contributed by atoms with Crippen molar-refractivity contribution in [2.75, 3.05) is 10.7 Å². The third-order valence-electron chi connectivity index (χ3n) is 2.93. The van der Waals surface area contributed by atoms with Gasteiger partial charge in [0.2, 0.25) is 0 Å². The Kier molecular flexibility index (Phi) is 5.15. The van der Waals surface area contributed by atoms with Crippen molar-refractivity contribution in [1.29, 1.82) is 0 Å². The van der Waals surface area contributed by atoms with Crippen molar-refractivity contribution < 1.29 is 0 Å². The van der Waals surface area contributed by atoms with Crippen molar-refractivity contribution in [3.8, 4) is 0 Å². The number of nitrogen functional groups attached to an aromatic ring is 1. The van der Waals surface area contributed by atoms with Crippen LogP contribution in [-0.4, -0.2) is 9.97 Å². The van der Waals surface area contributed by atoms with E-state index in [1.165, 1.54) is 6.33 Å². The zero-order chi connectivity index (χ0) is 14.4. The van der Waals surface area contributed by atoms with E-state index in [0.29, 0.717) is 12.4 Å². The van der Waals surface area contributed by atoms with Gasteiger partial charge in [0.05, 0.1) is 0 Å². The number of hydrazine groups is 1. The van der Waals surface area contributed by atoms with Gasteiger partial charge in [-0.15, -0.1) is 0 Å². The largest absolute Gasteiger partial charge is 0.366 e. The van der Waals surface area contributed by atoms with Crippen LogP contribution in [0.1, 0.15) is 24.5 Å². The summed E-state index contributed by atoms with van der Waals surface area (Å²) in [6, 6.07) is 7.73. The first-order valence-corrected chi connectivity index (χ1v) is 6.91. The van der Waals surface area contributed by atoms with Crippen molar-refractivity contribution in [2.24, 2.45) is 5.84 Å². The van der Waals surface area contributed by atoms with Crippen molar-refractivity contribution in [2.45, 2.75) is 26.3 Å². The summed E-state index contributed by atoms with van der Waals surface area (Å²) in [6.45, 7) is 2.76. The number of hydrogen-bond donors (Lipinski definition) is 3. The molecule has 20 heavy (non-hydrogen) atoms. The molecule has 0 aliphatic heterocycles. The zero-order valence-electron chi connectivity index (χ0n) is 11.4. The van der Waals surface area contributed by atoms with Gasteiger partial charge in [-0.1, -0.05) is 37.1 Å². The highest BCUT2D eigenvalue weighted by Crippen LogP contribution is 2.21. The van der Waals surface area contributed by atoms with Gasteiger partial charge in [0, 0.05) is 17.1 Å². The lowest BCUT2D eigenvalue weighted by atomic mass is 10.1. The molecule has 0 aliphatic rings. The number of rotatable bonds is 6. The van der Waals surface area contributed by atoms with Crippen molar-refractivity contribution in [1.82, 2.24) is 9.97 Å². The molecule has 0 spiro atoms. The van der Waals surface area contributed by atoms with E-state index in [-0.39, 0.29) is 0 Å². The number of nitrogens with one attached hydrogen (secondary N) is 2. The van der Waals surface area contributed by atoms with Gasteiger partial charge >= 0.3 is 0 Å². The number of benzene rings is 1. The molecule has 0 unspecified atom stereocenters. The van der Waals surface area contributed by atoms with Gasteiger partial charge in [0.1, 0.15) is 18.0 Å². The molecule has 0 saturated heterocycles. The van der Waals surface area contributed by atoms with E-state index < -0.39 is 0 Å². The maximum absolute atomic E-state index is 5.98. The Balaban J connectivity index is 2.16. The van der Waals surface area contributed by atoms with Crippen molar-refractivity contribution >= 4 is 23.2 Å². The Hall–Kier alpha value is -1.85. The summed E-state index contributed by atoms with van der Waals surface area (Å²) < 4.78 is 0. The van der Waals surface area contributed by atoms with Crippen LogP contribution in [0.5, 0.6) is 0 Å². The summed E-state index contributed by atoms with van der Waals surface area (Å²) >= 11 is 5.98. The van der Waals surface area contributed by atoms with Gasteiger partial charge in [0.15, 0.2) is 0 Å². The summed E-state index contributed by atoms with van der Waals surface area (Å²) in [5, 5.41) is 4.04. The zero-order valence-corrected chi connectivity index (χ0v) is 12.1. The molecular weight excluding hydrogens is 274 g/mol. The van der Waals surface area contributed by atoms with E-state index in [9.17, 15) is 0 Å². The molecule has 0 bridgehead atoms. The Bertz CT molecular complexity index is 573. The van der Waals surface area contributed by atoms with Crippen LogP contribution < -0.4 is 16.6 Å². The molecule has 0 amide bonds. The number of anilines is 2. The van der Waals surface area contributed by atoms with Crippen LogP contribution in [0.2, 0.25) is 5.02 Å². The minimum atomic E-state index is 0.651. The van der Waals surface area contributed by atoms with E-state index >= 15 is 0 Å². The first-order valence-electron chi connectivity index (χ1n) is 6.53. The Labute approximate surface area is 123 Å². The quantitative estimate of drug-likeness (QED) is 0.563. The molecule has 5 nitrogen and oxygen atoms in total. The summed E-state index contributed by atoms with van der Waals surface area (Å²) in [5.41, 5.74) is 4.71. The number of halogens is 1. The van der Waals surface area contributed by atoms with E-state index in [1.807, 2.05) is 24.3 Å². The van der Waals surface area contributed by atoms with Crippen LogP contribution in [0.3, 0.4) is 0 Å². The average Bonchev–Trinajstić information content (AvgIpc) is 2.46. The summed E-state index contributed by atoms with van der Waals surface area (Å²) in [5.74, 6) is 6.95. The molecule has 0 atom stereocenters. The van der Waals surface area contributed by atoms with Gasteiger partial charge in [-0.25, -0.2) is 15.8 Å². The second-order valence-electron chi connectivity index (χ2n) is 4.43. The van der Waals surface area contributed by atoms with Gasteiger partial charge < -0.3 is 10.7 Å². The van der Waals surface area contributed by atoms with Crippen molar-refractivity contribution in [3.63, 3.8) is 0 Å². The van der Waals surface area contributed by atoms with Crippen LogP contribution in [-0.2, 0) is 13.0 Å². The van der Waals surface area contributed by atoms with Crippen LogP contribution in [0.15, 0.2) is 30.6 Å². The molecule has 0 radical (unpaired) electrons. The van der Waals surface area contributed by atoms with E-state index in [4.69, 9.17) is 17.4 Å². The van der Waals surface area contributed by atoms with Gasteiger partial charge in [-0.2, -0.15) is 0 Å². The molecule has 0 saturated carbocycles. The first-order chi connectivity index (χ1) is 9.74. The Morgan fingerprint density at radius 2 is 2.05 bits per heavy atom. The normalized spacial score (nSPS) is 10.3. The smallest absolute Gasteiger partial charge is 0.148 e. The summed E-state index contributed by atoms with van der Waals surface area (Å²) in [6.07, 6.45) is 3.35. The molecule has 106 valence electrons. The lowest BCUT2D eigenvalue weighted by Gasteiger charge is -2.13. The fraction of sp³-hybridized carbons (Fsp3) is 0.286. The highest BCUT2D eigenvalue weighted by Gasteiger charge is 2.09. The predicted octanol–water partition coefficient (Wildman–Crippen LogP) is 2.98. The standard InChI is InChI=1S/C14H18ClN5/c1-2-4-12-13(18-9-19-14(12)20-16)17-8-10-5-3-6-11(15)7-10/h3,5-7,9H,2,4,8,16H2,1H3,(H2,17,18,19,20). The molecule has 6 heteroatoms. The minimum absolute atomic E-state index is 0.651. The van der Waals surface area contributed by atoms with E-state index in [2.05, 4.69) is 27.6 Å². The summed E-state index contributed by atoms with van der Waals surface area (Å²) in [4.78, 5) is 8.43. The molecule has 2 aromatic rings. The minimum Gasteiger partial charge on any atom is -0.366 e. The van der Waals surface area contributed by atoms with Crippen molar-refractivity contribution in [3.05, 3.63) is 46.7 Å². The van der Waals surface area contributed by atoms with Crippen LogP contribution in [0, 0.1) is 0 Å². The molecule has 1 heterocycles. The first kappa shape index (κ1) is 14.6. The molecular formula is C14H18ClN5. The number of hydrogen-bond acceptors (Lipinski definition) is 5. The molecule has 1 aromatic heterocycles. The van der Waals surface area contributed by atoms with Gasteiger partial charge in [-0.3, -0.25) is 0 Å². The number of nitrogens with two attached hydrogens (primary N) is 1. The SMILES string of the molecule is CCCc1c(NN)ncnc1NCc1cccc(Cl)c1. The van der Waals surface area contributed by atoms with Crippen LogP contribution >= 0.6 is 11.6 Å². The van der Waals surface area contributed by atoms with Gasteiger partial charge in [0.25, 0.3) is 0 Å².